The summed E-state index contributed by atoms with van der Waals surface area (Å²) in [6, 6.07) is 8.00. The molecule has 0 fully saturated rings. The largest absolute Gasteiger partial charge is 0.418 e. The molecular formula is C17H18F3N3O. The van der Waals surface area contributed by atoms with Crippen LogP contribution in [0.4, 0.5) is 24.5 Å². The molecule has 1 aromatic heterocycles. The van der Waals surface area contributed by atoms with Gasteiger partial charge in [0, 0.05) is 17.4 Å². The number of nitrogens with one attached hydrogen (secondary N) is 2. The molecule has 0 aliphatic rings. The molecule has 4 nitrogen and oxygen atoms in total. The minimum absolute atomic E-state index is 0.0289. The van der Waals surface area contributed by atoms with E-state index >= 15 is 0 Å². The molecule has 0 unspecified atom stereocenters. The molecule has 0 aliphatic heterocycles. The third kappa shape index (κ3) is 4.71. The van der Waals surface area contributed by atoms with Crippen molar-refractivity contribution in [2.75, 3.05) is 10.6 Å². The van der Waals surface area contributed by atoms with Crippen LogP contribution in [0.15, 0.2) is 42.6 Å². The lowest BCUT2D eigenvalue weighted by Crippen LogP contribution is -2.26. The van der Waals surface area contributed by atoms with Gasteiger partial charge in [-0.1, -0.05) is 12.1 Å². The van der Waals surface area contributed by atoms with Gasteiger partial charge in [0.05, 0.1) is 11.3 Å². The zero-order valence-electron chi connectivity index (χ0n) is 13.5. The van der Waals surface area contributed by atoms with Crippen LogP contribution in [0.25, 0.3) is 0 Å². The molecule has 24 heavy (non-hydrogen) atoms. The Morgan fingerprint density at radius 3 is 2.38 bits per heavy atom. The van der Waals surface area contributed by atoms with Gasteiger partial charge in [0.2, 0.25) is 0 Å². The monoisotopic (exact) mass is 337 g/mol. The van der Waals surface area contributed by atoms with Crippen molar-refractivity contribution in [3.63, 3.8) is 0 Å². The van der Waals surface area contributed by atoms with E-state index in [4.69, 9.17) is 0 Å². The maximum absolute atomic E-state index is 13.0. The number of para-hydroxylation sites is 1. The van der Waals surface area contributed by atoms with Crippen LogP contribution in [0.3, 0.4) is 0 Å². The van der Waals surface area contributed by atoms with Gasteiger partial charge in [-0.25, -0.2) is 0 Å². The molecule has 0 saturated heterocycles. The van der Waals surface area contributed by atoms with Gasteiger partial charge in [-0.05, 0) is 45.0 Å². The average Bonchev–Trinajstić information content (AvgIpc) is 2.45. The number of alkyl halides is 3. The summed E-state index contributed by atoms with van der Waals surface area (Å²) in [7, 11) is 0. The summed E-state index contributed by atoms with van der Waals surface area (Å²) < 4.78 is 38.9. The zero-order chi connectivity index (χ0) is 18.0. The van der Waals surface area contributed by atoms with E-state index in [9.17, 15) is 18.0 Å². The summed E-state index contributed by atoms with van der Waals surface area (Å²) in [4.78, 5) is 16.2. The third-order valence-corrected chi connectivity index (χ3v) is 2.99. The normalized spacial score (nSPS) is 11.9. The minimum Gasteiger partial charge on any atom is -0.380 e. The summed E-state index contributed by atoms with van der Waals surface area (Å²) >= 11 is 0. The van der Waals surface area contributed by atoms with Crippen molar-refractivity contribution in [3.8, 4) is 0 Å². The topological polar surface area (TPSA) is 54.0 Å². The third-order valence-electron chi connectivity index (χ3n) is 2.99. The first-order chi connectivity index (χ1) is 11.1. The van der Waals surface area contributed by atoms with Crippen molar-refractivity contribution in [2.24, 2.45) is 0 Å². The number of rotatable bonds is 3. The number of aromatic nitrogens is 1. The van der Waals surface area contributed by atoms with E-state index in [1.165, 1.54) is 30.5 Å². The molecule has 0 radical (unpaired) electrons. The van der Waals surface area contributed by atoms with Gasteiger partial charge in [-0.3, -0.25) is 9.78 Å². The number of benzene rings is 1. The standard InChI is InChI=1S/C17H18F3N3O/c1-16(2,3)23-11-8-9-21-14(10-11)15(24)22-13-7-5-4-6-12(13)17(18,19)20/h4-10H,1-3H3,(H,21,23)(H,22,24). The Kier molecular flexibility index (Phi) is 4.82. The Morgan fingerprint density at radius 1 is 1.08 bits per heavy atom. The Hall–Kier alpha value is -2.57. The number of carbonyl (C=O) groups excluding carboxylic acids is 1. The first-order valence-corrected chi connectivity index (χ1v) is 7.28. The van der Waals surface area contributed by atoms with Crippen LogP contribution in [0.2, 0.25) is 0 Å². The number of nitrogens with zero attached hydrogens (tertiary/aromatic N) is 1. The lowest BCUT2D eigenvalue weighted by molar-refractivity contribution is -0.136. The molecule has 2 N–H and O–H groups in total. The van der Waals surface area contributed by atoms with Gasteiger partial charge in [-0.2, -0.15) is 13.2 Å². The predicted molar refractivity (Wildman–Crippen MR) is 87.0 cm³/mol. The SMILES string of the molecule is CC(C)(C)Nc1ccnc(C(=O)Nc2ccccc2C(F)(F)F)c1. The van der Waals surface area contributed by atoms with Gasteiger partial charge in [0.15, 0.2) is 0 Å². The second-order valence-corrected chi connectivity index (χ2v) is 6.30. The van der Waals surface area contributed by atoms with E-state index in [1.54, 1.807) is 6.07 Å². The Labute approximate surface area is 138 Å². The fourth-order valence-corrected chi connectivity index (χ4v) is 2.09. The molecule has 0 bridgehead atoms. The predicted octanol–water partition coefficient (Wildman–Crippen LogP) is 4.56. The molecule has 1 aromatic carbocycles. The van der Waals surface area contributed by atoms with Gasteiger partial charge >= 0.3 is 6.18 Å². The van der Waals surface area contributed by atoms with Crippen LogP contribution < -0.4 is 10.6 Å². The highest BCUT2D eigenvalue weighted by Crippen LogP contribution is 2.34. The average molecular weight is 337 g/mol. The van der Waals surface area contributed by atoms with Crippen LogP contribution >= 0.6 is 0 Å². The summed E-state index contributed by atoms with van der Waals surface area (Å²) in [6.07, 6.45) is -3.12. The summed E-state index contributed by atoms with van der Waals surface area (Å²) in [5.74, 6) is -0.704. The van der Waals surface area contributed by atoms with E-state index in [2.05, 4.69) is 15.6 Å². The van der Waals surface area contributed by atoms with Crippen molar-refractivity contribution in [2.45, 2.75) is 32.5 Å². The number of hydrogen-bond donors (Lipinski definition) is 2. The van der Waals surface area contributed by atoms with Crippen molar-refractivity contribution in [1.82, 2.24) is 4.98 Å². The fourth-order valence-electron chi connectivity index (χ4n) is 2.09. The molecule has 0 atom stereocenters. The van der Waals surface area contributed by atoms with Gasteiger partial charge in [-0.15, -0.1) is 0 Å². The van der Waals surface area contributed by atoms with E-state index in [-0.39, 0.29) is 16.9 Å². The highest BCUT2D eigenvalue weighted by molar-refractivity contribution is 6.03. The van der Waals surface area contributed by atoms with E-state index in [0.717, 1.165) is 6.07 Å². The van der Waals surface area contributed by atoms with Crippen molar-refractivity contribution < 1.29 is 18.0 Å². The molecule has 128 valence electrons. The lowest BCUT2D eigenvalue weighted by Gasteiger charge is -2.22. The Balaban J connectivity index is 2.24. The van der Waals surface area contributed by atoms with Crippen LogP contribution in [0.1, 0.15) is 36.8 Å². The van der Waals surface area contributed by atoms with Gasteiger partial charge in [0.1, 0.15) is 5.69 Å². The van der Waals surface area contributed by atoms with Crippen molar-refractivity contribution >= 4 is 17.3 Å². The molecule has 2 aromatic rings. The van der Waals surface area contributed by atoms with Gasteiger partial charge < -0.3 is 10.6 Å². The van der Waals surface area contributed by atoms with Crippen molar-refractivity contribution in [1.29, 1.82) is 0 Å². The van der Waals surface area contributed by atoms with Crippen LogP contribution in [-0.4, -0.2) is 16.4 Å². The van der Waals surface area contributed by atoms with E-state index in [1.807, 2.05) is 20.8 Å². The number of amides is 1. The van der Waals surface area contributed by atoms with Gasteiger partial charge in [0.25, 0.3) is 5.91 Å². The minimum atomic E-state index is -4.55. The molecule has 0 aliphatic carbocycles. The number of hydrogen-bond acceptors (Lipinski definition) is 3. The molecule has 0 spiro atoms. The molecule has 2 rings (SSSR count). The number of halogens is 3. The van der Waals surface area contributed by atoms with Crippen molar-refractivity contribution in [3.05, 3.63) is 53.9 Å². The van der Waals surface area contributed by atoms with Crippen LogP contribution in [-0.2, 0) is 6.18 Å². The van der Waals surface area contributed by atoms with E-state index in [0.29, 0.717) is 5.69 Å². The van der Waals surface area contributed by atoms with Crippen LogP contribution in [0, 0.1) is 0 Å². The lowest BCUT2D eigenvalue weighted by atomic mass is 10.1. The number of carbonyl (C=O) groups is 1. The summed E-state index contributed by atoms with van der Waals surface area (Å²) in [6.45, 7) is 5.85. The second kappa shape index (κ2) is 6.51. The number of anilines is 2. The summed E-state index contributed by atoms with van der Waals surface area (Å²) in [5, 5.41) is 5.45. The first-order valence-electron chi connectivity index (χ1n) is 7.28. The first kappa shape index (κ1) is 17.8. The highest BCUT2D eigenvalue weighted by Gasteiger charge is 2.33. The molecule has 0 saturated carbocycles. The Bertz CT molecular complexity index is 736. The smallest absolute Gasteiger partial charge is 0.380 e. The zero-order valence-corrected chi connectivity index (χ0v) is 13.5. The second-order valence-electron chi connectivity index (χ2n) is 6.30. The maximum Gasteiger partial charge on any atom is 0.418 e. The number of pyridine rings is 1. The fraction of sp³-hybridized carbons (Fsp3) is 0.294. The molecule has 1 heterocycles. The van der Waals surface area contributed by atoms with E-state index < -0.39 is 17.6 Å². The highest BCUT2D eigenvalue weighted by atomic mass is 19.4. The molecular weight excluding hydrogens is 319 g/mol. The molecule has 1 amide bonds. The maximum atomic E-state index is 13.0. The quantitative estimate of drug-likeness (QED) is 0.863. The Morgan fingerprint density at radius 2 is 1.75 bits per heavy atom. The van der Waals surface area contributed by atoms with Crippen LogP contribution in [0.5, 0.6) is 0 Å². The molecule has 7 heteroatoms. The summed E-state index contributed by atoms with van der Waals surface area (Å²) in [5.41, 5.74) is -0.737.